The van der Waals surface area contributed by atoms with Crippen LogP contribution in [0, 0.1) is 10.1 Å². The number of carbonyl (C=O) groups excluding carboxylic acids is 1. The average Bonchev–Trinajstić information content (AvgIpc) is 2.69. The van der Waals surface area contributed by atoms with Gasteiger partial charge in [0.1, 0.15) is 0 Å². The first-order valence-corrected chi connectivity index (χ1v) is 8.65. The lowest BCUT2D eigenvalue weighted by Gasteiger charge is -2.14. The van der Waals surface area contributed by atoms with Crippen LogP contribution in [0.15, 0.2) is 24.3 Å². The first-order chi connectivity index (χ1) is 10.3. The van der Waals surface area contributed by atoms with E-state index in [4.69, 9.17) is 11.6 Å². The predicted molar refractivity (Wildman–Crippen MR) is 81.8 cm³/mol. The molecule has 22 heavy (non-hydrogen) atoms. The zero-order valence-corrected chi connectivity index (χ0v) is 12.9. The SMILES string of the molecule is O=C(CNc1cccc([N+](=O)[O-])c1)N[C@H]1CS(=O)(=O)C[C@H]1Cl. The molecule has 0 unspecified atom stereocenters. The Hall–Kier alpha value is -1.87. The zero-order valence-electron chi connectivity index (χ0n) is 11.4. The van der Waals surface area contributed by atoms with Crippen molar-refractivity contribution in [2.75, 3.05) is 23.4 Å². The maximum absolute atomic E-state index is 11.8. The number of halogens is 1. The fourth-order valence-electron chi connectivity index (χ4n) is 2.11. The lowest BCUT2D eigenvalue weighted by atomic mass is 10.2. The number of benzene rings is 1. The number of nitro benzene ring substituents is 1. The van der Waals surface area contributed by atoms with E-state index in [0.717, 1.165) is 0 Å². The molecule has 1 saturated heterocycles. The van der Waals surface area contributed by atoms with Crippen molar-refractivity contribution in [3.8, 4) is 0 Å². The second-order valence-electron chi connectivity index (χ2n) is 4.93. The number of hydrogen-bond acceptors (Lipinski definition) is 6. The van der Waals surface area contributed by atoms with Crippen molar-refractivity contribution in [1.82, 2.24) is 5.32 Å². The molecule has 0 aromatic heterocycles. The van der Waals surface area contributed by atoms with Crippen LogP contribution in [0.5, 0.6) is 0 Å². The molecule has 1 fully saturated rings. The number of rotatable bonds is 5. The van der Waals surface area contributed by atoms with Gasteiger partial charge in [0.2, 0.25) is 5.91 Å². The molecule has 1 aliphatic rings. The summed E-state index contributed by atoms with van der Waals surface area (Å²) < 4.78 is 22.8. The molecular weight excluding hydrogens is 334 g/mol. The molecule has 0 bridgehead atoms. The molecule has 0 radical (unpaired) electrons. The third-order valence-electron chi connectivity index (χ3n) is 3.14. The van der Waals surface area contributed by atoms with Crippen LogP contribution >= 0.6 is 11.6 Å². The van der Waals surface area contributed by atoms with E-state index in [1.54, 1.807) is 6.07 Å². The van der Waals surface area contributed by atoms with Crippen molar-refractivity contribution in [2.45, 2.75) is 11.4 Å². The fraction of sp³-hybridized carbons (Fsp3) is 0.417. The summed E-state index contributed by atoms with van der Waals surface area (Å²) in [5.74, 6) is -0.763. The number of amides is 1. The van der Waals surface area contributed by atoms with E-state index in [2.05, 4.69) is 10.6 Å². The standard InChI is InChI=1S/C12H14ClN3O5S/c13-10-6-22(20,21)7-11(10)15-12(17)5-14-8-2-1-3-9(4-8)16(18)19/h1-4,10-11,14H,5-7H2,(H,15,17)/t10-,11+/m1/s1. The molecule has 1 aromatic rings. The van der Waals surface area contributed by atoms with Gasteiger partial charge in [-0.05, 0) is 6.07 Å². The molecular formula is C12H14ClN3O5S. The Morgan fingerprint density at radius 1 is 1.41 bits per heavy atom. The smallest absolute Gasteiger partial charge is 0.271 e. The minimum Gasteiger partial charge on any atom is -0.376 e. The van der Waals surface area contributed by atoms with Crippen LogP contribution < -0.4 is 10.6 Å². The Morgan fingerprint density at radius 2 is 2.14 bits per heavy atom. The molecule has 8 nitrogen and oxygen atoms in total. The summed E-state index contributed by atoms with van der Waals surface area (Å²) in [5.41, 5.74) is 0.332. The van der Waals surface area contributed by atoms with E-state index >= 15 is 0 Å². The first kappa shape index (κ1) is 16.5. The van der Waals surface area contributed by atoms with Gasteiger partial charge in [-0.2, -0.15) is 0 Å². The number of hydrogen-bond donors (Lipinski definition) is 2. The van der Waals surface area contributed by atoms with Gasteiger partial charge in [0, 0.05) is 17.8 Å². The van der Waals surface area contributed by atoms with Crippen molar-refractivity contribution in [3.63, 3.8) is 0 Å². The third-order valence-corrected chi connectivity index (χ3v) is 5.52. The van der Waals surface area contributed by atoms with Gasteiger partial charge in [-0.25, -0.2) is 8.42 Å². The van der Waals surface area contributed by atoms with E-state index in [-0.39, 0.29) is 23.7 Å². The van der Waals surface area contributed by atoms with E-state index in [1.165, 1.54) is 18.2 Å². The molecule has 0 aliphatic carbocycles. The Morgan fingerprint density at radius 3 is 2.73 bits per heavy atom. The molecule has 2 atom stereocenters. The normalized spacial score (nSPS) is 23.0. The molecule has 1 aromatic carbocycles. The van der Waals surface area contributed by atoms with Crippen molar-refractivity contribution < 1.29 is 18.1 Å². The molecule has 1 aliphatic heterocycles. The molecule has 1 amide bonds. The van der Waals surface area contributed by atoms with E-state index < -0.39 is 32.1 Å². The Bertz CT molecular complexity index is 694. The average molecular weight is 348 g/mol. The van der Waals surface area contributed by atoms with Gasteiger partial charge in [-0.15, -0.1) is 11.6 Å². The summed E-state index contributed by atoms with van der Waals surface area (Å²) in [5, 5.41) is 15.3. The second kappa shape index (κ2) is 6.49. The van der Waals surface area contributed by atoms with Crippen LogP contribution in [-0.4, -0.2) is 48.7 Å². The highest BCUT2D eigenvalue weighted by molar-refractivity contribution is 7.91. The van der Waals surface area contributed by atoms with Gasteiger partial charge in [-0.1, -0.05) is 6.07 Å². The number of nitrogens with zero attached hydrogens (tertiary/aromatic N) is 1. The van der Waals surface area contributed by atoms with Crippen molar-refractivity contribution in [1.29, 1.82) is 0 Å². The molecule has 0 spiro atoms. The Balaban J connectivity index is 1.88. The zero-order chi connectivity index (χ0) is 16.3. The van der Waals surface area contributed by atoms with E-state index in [1.807, 2.05) is 0 Å². The number of nitro groups is 1. The van der Waals surface area contributed by atoms with Crippen LogP contribution in [0.25, 0.3) is 0 Å². The largest absolute Gasteiger partial charge is 0.376 e. The molecule has 2 rings (SSSR count). The summed E-state index contributed by atoms with van der Waals surface area (Å²) in [4.78, 5) is 21.9. The Labute approximate surface area is 131 Å². The van der Waals surface area contributed by atoms with Crippen LogP contribution in [0.1, 0.15) is 0 Å². The molecule has 2 N–H and O–H groups in total. The second-order valence-corrected chi connectivity index (χ2v) is 7.64. The number of carbonyl (C=O) groups is 1. The monoisotopic (exact) mass is 347 g/mol. The van der Waals surface area contributed by atoms with E-state index in [0.29, 0.717) is 5.69 Å². The first-order valence-electron chi connectivity index (χ1n) is 6.39. The predicted octanol–water partition coefficient (Wildman–Crippen LogP) is 0.527. The number of alkyl halides is 1. The maximum Gasteiger partial charge on any atom is 0.271 e. The number of anilines is 1. The highest BCUT2D eigenvalue weighted by Gasteiger charge is 2.37. The van der Waals surface area contributed by atoms with Crippen LogP contribution in [-0.2, 0) is 14.6 Å². The summed E-state index contributed by atoms with van der Waals surface area (Å²) in [6, 6.07) is 5.11. The number of non-ortho nitro benzene ring substituents is 1. The lowest BCUT2D eigenvalue weighted by Crippen LogP contribution is -2.43. The van der Waals surface area contributed by atoms with Crippen LogP contribution in [0.4, 0.5) is 11.4 Å². The van der Waals surface area contributed by atoms with Gasteiger partial charge >= 0.3 is 0 Å². The van der Waals surface area contributed by atoms with Crippen molar-refractivity contribution >= 4 is 38.7 Å². The highest BCUT2D eigenvalue weighted by atomic mass is 35.5. The Kier molecular flexibility index (Phi) is 4.87. The summed E-state index contributed by atoms with van der Waals surface area (Å²) in [6.07, 6.45) is 0. The third kappa shape index (κ3) is 4.31. The van der Waals surface area contributed by atoms with Gasteiger partial charge < -0.3 is 10.6 Å². The molecule has 0 saturated carbocycles. The highest BCUT2D eigenvalue weighted by Crippen LogP contribution is 2.18. The minimum absolute atomic E-state index is 0.0897. The number of nitrogens with one attached hydrogen (secondary N) is 2. The molecule has 10 heteroatoms. The van der Waals surface area contributed by atoms with E-state index in [9.17, 15) is 23.3 Å². The van der Waals surface area contributed by atoms with Crippen LogP contribution in [0.2, 0.25) is 0 Å². The van der Waals surface area contributed by atoms with Gasteiger partial charge in [0.25, 0.3) is 5.69 Å². The summed E-state index contributed by atoms with van der Waals surface area (Å²) in [7, 11) is -3.21. The van der Waals surface area contributed by atoms with Gasteiger partial charge in [0.05, 0.1) is 34.4 Å². The maximum atomic E-state index is 11.8. The summed E-state index contributed by atoms with van der Waals surface area (Å²) >= 11 is 5.89. The quantitative estimate of drug-likeness (QED) is 0.455. The van der Waals surface area contributed by atoms with Crippen molar-refractivity contribution in [2.24, 2.45) is 0 Å². The van der Waals surface area contributed by atoms with Crippen LogP contribution in [0.3, 0.4) is 0 Å². The topological polar surface area (TPSA) is 118 Å². The summed E-state index contributed by atoms with van der Waals surface area (Å²) in [6.45, 7) is -0.138. The van der Waals surface area contributed by atoms with Gasteiger partial charge in [0.15, 0.2) is 9.84 Å². The molecule has 120 valence electrons. The van der Waals surface area contributed by atoms with Crippen molar-refractivity contribution in [3.05, 3.63) is 34.4 Å². The fourth-order valence-corrected chi connectivity index (χ4v) is 4.66. The number of sulfone groups is 1. The minimum atomic E-state index is -3.21. The molecule has 1 heterocycles. The lowest BCUT2D eigenvalue weighted by molar-refractivity contribution is -0.384. The van der Waals surface area contributed by atoms with Gasteiger partial charge in [-0.3, -0.25) is 14.9 Å².